The number of benzene rings is 3. The van der Waals surface area contributed by atoms with Crippen LogP contribution in [-0.4, -0.2) is 23.5 Å². The van der Waals surface area contributed by atoms with Crippen molar-refractivity contribution in [2.45, 2.75) is 13.5 Å². The topological polar surface area (TPSA) is 104 Å². The van der Waals surface area contributed by atoms with Crippen LogP contribution in [0.5, 0.6) is 0 Å². The molecule has 3 rings (SSSR count). The van der Waals surface area contributed by atoms with Crippen LogP contribution in [0.4, 0.5) is 15.8 Å². The third-order valence-corrected chi connectivity index (χ3v) is 4.44. The van der Waals surface area contributed by atoms with Crippen molar-refractivity contribution < 1.29 is 23.6 Å². The first-order chi connectivity index (χ1) is 15.3. The third-order valence-electron chi connectivity index (χ3n) is 4.44. The first-order valence-electron chi connectivity index (χ1n) is 9.68. The summed E-state index contributed by atoms with van der Waals surface area (Å²) in [5, 5.41) is 7.70. The van der Waals surface area contributed by atoms with Gasteiger partial charge in [0.1, 0.15) is 5.82 Å². The van der Waals surface area contributed by atoms with Crippen molar-refractivity contribution in [3.05, 3.63) is 95.3 Å². The lowest BCUT2D eigenvalue weighted by molar-refractivity contribution is -0.114. The number of amides is 3. The van der Waals surface area contributed by atoms with Gasteiger partial charge in [0.2, 0.25) is 5.91 Å². The van der Waals surface area contributed by atoms with Crippen molar-refractivity contribution in [3.8, 4) is 0 Å². The summed E-state index contributed by atoms with van der Waals surface area (Å²) in [5.74, 6) is -2.87. The Labute approximate surface area is 183 Å². The quantitative estimate of drug-likeness (QED) is 0.392. The Hall–Kier alpha value is -4.33. The Morgan fingerprint density at radius 1 is 0.844 bits per heavy atom. The van der Waals surface area contributed by atoms with E-state index in [9.17, 15) is 23.6 Å². The van der Waals surface area contributed by atoms with Gasteiger partial charge in [-0.3, -0.25) is 19.2 Å². The van der Waals surface area contributed by atoms with E-state index >= 15 is 0 Å². The molecule has 0 aliphatic rings. The van der Waals surface area contributed by atoms with Crippen LogP contribution in [0.2, 0.25) is 0 Å². The number of hydrogen-bond donors (Lipinski definition) is 3. The van der Waals surface area contributed by atoms with Crippen LogP contribution in [0.15, 0.2) is 72.8 Å². The first kappa shape index (κ1) is 22.4. The zero-order valence-corrected chi connectivity index (χ0v) is 17.1. The molecule has 0 atom stereocenters. The minimum atomic E-state index is -0.910. The van der Waals surface area contributed by atoms with Crippen LogP contribution >= 0.6 is 0 Å². The third kappa shape index (κ3) is 5.85. The molecule has 3 aromatic carbocycles. The summed E-state index contributed by atoms with van der Waals surface area (Å²) >= 11 is 0. The normalized spacial score (nSPS) is 10.2. The van der Waals surface area contributed by atoms with Crippen LogP contribution in [0.25, 0.3) is 0 Å². The Balaban J connectivity index is 1.67. The van der Waals surface area contributed by atoms with Gasteiger partial charge in [0.05, 0.1) is 11.3 Å². The van der Waals surface area contributed by atoms with E-state index in [1.807, 2.05) is 0 Å². The van der Waals surface area contributed by atoms with E-state index < -0.39 is 17.6 Å². The highest BCUT2D eigenvalue weighted by Gasteiger charge is 2.20. The molecule has 0 aliphatic carbocycles. The average molecular weight is 433 g/mol. The molecule has 0 spiro atoms. The summed E-state index contributed by atoms with van der Waals surface area (Å²) < 4.78 is 13.0. The van der Waals surface area contributed by atoms with Crippen molar-refractivity contribution in [2.24, 2.45) is 0 Å². The van der Waals surface area contributed by atoms with Gasteiger partial charge in [0.25, 0.3) is 17.6 Å². The second-order valence-corrected chi connectivity index (χ2v) is 6.90. The van der Waals surface area contributed by atoms with Crippen molar-refractivity contribution in [1.29, 1.82) is 0 Å². The van der Waals surface area contributed by atoms with E-state index in [1.54, 1.807) is 42.5 Å². The molecular weight excluding hydrogens is 413 g/mol. The number of Topliss-reactive ketones (excluding diaryl/α,β-unsaturated/α-hetero) is 1. The predicted molar refractivity (Wildman–Crippen MR) is 118 cm³/mol. The number of ketones is 1. The number of hydrogen-bond acceptors (Lipinski definition) is 4. The van der Waals surface area contributed by atoms with Crippen LogP contribution in [0.3, 0.4) is 0 Å². The Bertz CT molecular complexity index is 1180. The maximum atomic E-state index is 13.0. The van der Waals surface area contributed by atoms with Crippen LogP contribution in [0, 0.1) is 5.82 Å². The zero-order valence-electron chi connectivity index (χ0n) is 17.1. The summed E-state index contributed by atoms with van der Waals surface area (Å²) in [5.41, 5.74) is 1.54. The van der Waals surface area contributed by atoms with E-state index in [4.69, 9.17) is 0 Å². The van der Waals surface area contributed by atoms with Gasteiger partial charge >= 0.3 is 0 Å². The van der Waals surface area contributed by atoms with Gasteiger partial charge in [0, 0.05) is 24.7 Å². The Kier molecular flexibility index (Phi) is 7.07. The maximum Gasteiger partial charge on any atom is 0.296 e. The lowest BCUT2D eigenvalue weighted by Crippen LogP contribution is -2.25. The molecule has 0 aromatic heterocycles. The van der Waals surface area contributed by atoms with E-state index in [1.165, 1.54) is 37.3 Å². The SMILES string of the molecule is CC(=O)Nc1ccccc1C(=O)C(=O)Nc1cccc(C(=O)NCc2ccc(F)cc2)c1. The smallest absolute Gasteiger partial charge is 0.296 e. The fourth-order valence-electron chi connectivity index (χ4n) is 2.91. The standard InChI is InChI=1S/C24H20FN3O4/c1-15(29)27-21-8-3-2-7-20(21)22(30)24(32)28-19-6-4-5-17(13-19)23(31)26-14-16-9-11-18(25)12-10-16/h2-13H,14H2,1H3,(H,26,31)(H,27,29)(H,28,32). The van der Waals surface area contributed by atoms with E-state index in [2.05, 4.69) is 16.0 Å². The van der Waals surface area contributed by atoms with Gasteiger partial charge in [0.15, 0.2) is 0 Å². The van der Waals surface area contributed by atoms with E-state index in [-0.39, 0.29) is 40.8 Å². The molecule has 0 saturated carbocycles. The number of nitrogens with one attached hydrogen (secondary N) is 3. The Morgan fingerprint density at radius 3 is 2.28 bits per heavy atom. The lowest BCUT2D eigenvalue weighted by atomic mass is 10.1. The minimum absolute atomic E-state index is 0.0494. The first-order valence-corrected chi connectivity index (χ1v) is 9.68. The number of halogens is 1. The van der Waals surface area contributed by atoms with Gasteiger partial charge < -0.3 is 16.0 Å². The molecule has 0 aliphatic heterocycles. The van der Waals surface area contributed by atoms with Crippen molar-refractivity contribution in [2.75, 3.05) is 10.6 Å². The van der Waals surface area contributed by atoms with Crippen molar-refractivity contribution in [1.82, 2.24) is 5.32 Å². The largest absolute Gasteiger partial charge is 0.348 e. The summed E-state index contributed by atoms with van der Waals surface area (Å²) in [6, 6.07) is 18.0. The summed E-state index contributed by atoms with van der Waals surface area (Å²) in [6.07, 6.45) is 0. The van der Waals surface area contributed by atoms with Gasteiger partial charge in [-0.2, -0.15) is 0 Å². The molecule has 0 saturated heterocycles. The maximum absolute atomic E-state index is 13.0. The van der Waals surface area contributed by atoms with Crippen molar-refractivity contribution in [3.63, 3.8) is 0 Å². The molecule has 8 heteroatoms. The molecule has 7 nitrogen and oxygen atoms in total. The average Bonchev–Trinajstić information content (AvgIpc) is 2.78. The highest BCUT2D eigenvalue weighted by Crippen LogP contribution is 2.17. The number of rotatable bonds is 7. The lowest BCUT2D eigenvalue weighted by Gasteiger charge is -2.10. The molecule has 3 N–H and O–H groups in total. The summed E-state index contributed by atoms with van der Waals surface area (Å²) in [4.78, 5) is 48.8. The number of carbonyl (C=O) groups excluding carboxylic acids is 4. The molecule has 0 bridgehead atoms. The second kappa shape index (κ2) is 10.1. The number of carbonyl (C=O) groups is 4. The van der Waals surface area contributed by atoms with Crippen molar-refractivity contribution >= 4 is 34.9 Å². The highest BCUT2D eigenvalue weighted by molar-refractivity contribution is 6.47. The molecular formula is C24H20FN3O4. The minimum Gasteiger partial charge on any atom is -0.348 e. The van der Waals surface area contributed by atoms with Crippen LogP contribution < -0.4 is 16.0 Å². The monoisotopic (exact) mass is 433 g/mol. The molecule has 0 fully saturated rings. The number of para-hydroxylation sites is 1. The predicted octanol–water partition coefficient (Wildman–Crippen LogP) is 3.54. The van der Waals surface area contributed by atoms with Gasteiger partial charge in [-0.25, -0.2) is 4.39 Å². The van der Waals surface area contributed by atoms with Crippen LogP contribution in [-0.2, 0) is 16.1 Å². The molecule has 32 heavy (non-hydrogen) atoms. The van der Waals surface area contributed by atoms with Crippen LogP contribution in [0.1, 0.15) is 33.2 Å². The molecule has 3 amide bonds. The van der Waals surface area contributed by atoms with Gasteiger partial charge in [-0.1, -0.05) is 30.3 Å². The highest BCUT2D eigenvalue weighted by atomic mass is 19.1. The summed E-state index contributed by atoms with van der Waals surface area (Å²) in [6.45, 7) is 1.50. The van der Waals surface area contributed by atoms with E-state index in [0.717, 1.165) is 5.56 Å². The summed E-state index contributed by atoms with van der Waals surface area (Å²) in [7, 11) is 0. The van der Waals surface area contributed by atoms with Gasteiger partial charge in [-0.15, -0.1) is 0 Å². The molecule has 0 radical (unpaired) electrons. The second-order valence-electron chi connectivity index (χ2n) is 6.90. The fourth-order valence-corrected chi connectivity index (χ4v) is 2.91. The zero-order chi connectivity index (χ0) is 23.1. The molecule has 3 aromatic rings. The fraction of sp³-hybridized carbons (Fsp3) is 0.0833. The molecule has 0 unspecified atom stereocenters. The molecule has 162 valence electrons. The van der Waals surface area contributed by atoms with E-state index in [0.29, 0.717) is 0 Å². The molecule has 0 heterocycles. The number of anilines is 2. The van der Waals surface area contributed by atoms with Gasteiger partial charge in [-0.05, 0) is 48.0 Å². The Morgan fingerprint density at radius 2 is 1.56 bits per heavy atom.